The lowest BCUT2D eigenvalue weighted by Crippen LogP contribution is -2.10. The van der Waals surface area contributed by atoms with Crippen molar-refractivity contribution < 1.29 is 24.5 Å². The minimum atomic E-state index is -1.02. The van der Waals surface area contributed by atoms with Crippen LogP contribution in [0.4, 0.5) is 11.4 Å². The van der Waals surface area contributed by atoms with E-state index in [2.05, 4.69) is 10.4 Å². The molecule has 0 aliphatic rings. The molecule has 0 fully saturated rings. The number of ether oxygens (including phenoxy) is 1. The third-order valence-corrected chi connectivity index (χ3v) is 6.24. The summed E-state index contributed by atoms with van der Waals surface area (Å²) in [7, 11) is 0. The van der Waals surface area contributed by atoms with E-state index in [1.54, 1.807) is 30.3 Å². The van der Waals surface area contributed by atoms with Gasteiger partial charge >= 0.3 is 11.9 Å². The topological polar surface area (TPSA) is 114 Å². The Bertz CT molecular complexity index is 1600. The number of aromatic carboxylic acids is 1. The number of hydrogen-bond donors (Lipinski definition) is 3. The third kappa shape index (κ3) is 6.94. The number of halogens is 1. The van der Waals surface area contributed by atoms with Gasteiger partial charge in [-0.1, -0.05) is 72.3 Å². The van der Waals surface area contributed by atoms with Crippen molar-refractivity contribution in [2.24, 2.45) is 0 Å². The first-order valence-electron chi connectivity index (χ1n) is 12.0. The molecule has 5 aromatic rings. The van der Waals surface area contributed by atoms with Crippen molar-refractivity contribution in [2.75, 3.05) is 11.9 Å². The van der Waals surface area contributed by atoms with Crippen LogP contribution in [-0.2, 0) is 11.3 Å². The highest BCUT2D eigenvalue weighted by Crippen LogP contribution is 2.28. The number of carboxylic acids is 2. The Labute approximate surface area is 230 Å². The first-order chi connectivity index (χ1) is 18.8. The van der Waals surface area contributed by atoms with Crippen LogP contribution in [0.15, 0.2) is 97.1 Å². The van der Waals surface area contributed by atoms with Gasteiger partial charge in [0.25, 0.3) is 0 Å². The number of aliphatic carboxylic acids is 1. The minimum Gasteiger partial charge on any atom is -0.479 e. The summed E-state index contributed by atoms with van der Waals surface area (Å²) in [6.45, 7) is 2.10. The Hall–Kier alpha value is -4.82. The monoisotopic (exact) mass is 543 g/mol. The Balaban J connectivity index is 0.000000183. The number of aromatic nitrogens is 2. The fourth-order valence-corrected chi connectivity index (χ4v) is 4.05. The lowest BCUT2D eigenvalue weighted by Gasteiger charge is -2.12. The fraction of sp³-hybridized carbons (Fsp3) is 0.100. The number of fused-ring (bicyclic) bond motifs is 1. The average Bonchev–Trinajstić information content (AvgIpc) is 3.28. The zero-order valence-corrected chi connectivity index (χ0v) is 21.8. The summed E-state index contributed by atoms with van der Waals surface area (Å²) >= 11 is 6.03. The Morgan fingerprint density at radius 1 is 0.872 bits per heavy atom. The van der Waals surface area contributed by atoms with Crippen molar-refractivity contribution in [3.05, 3.63) is 119 Å². The molecule has 39 heavy (non-hydrogen) atoms. The molecule has 0 aliphatic carbocycles. The largest absolute Gasteiger partial charge is 0.479 e. The van der Waals surface area contributed by atoms with Gasteiger partial charge in [0.15, 0.2) is 6.61 Å². The van der Waals surface area contributed by atoms with E-state index in [9.17, 15) is 9.59 Å². The van der Waals surface area contributed by atoms with Crippen LogP contribution >= 0.6 is 11.6 Å². The van der Waals surface area contributed by atoms with Crippen molar-refractivity contribution in [3.8, 4) is 5.88 Å². The average molecular weight is 544 g/mol. The molecule has 0 radical (unpaired) electrons. The Morgan fingerprint density at radius 3 is 2.28 bits per heavy atom. The molecule has 0 unspecified atom stereocenters. The van der Waals surface area contributed by atoms with Crippen LogP contribution in [0.2, 0.25) is 5.02 Å². The van der Waals surface area contributed by atoms with E-state index in [1.807, 2.05) is 78.3 Å². The molecule has 0 atom stereocenters. The van der Waals surface area contributed by atoms with Gasteiger partial charge < -0.3 is 20.3 Å². The molecule has 9 heteroatoms. The second-order valence-electron chi connectivity index (χ2n) is 8.54. The molecule has 4 aromatic carbocycles. The Morgan fingerprint density at radius 2 is 1.54 bits per heavy atom. The second-order valence-corrected chi connectivity index (χ2v) is 8.94. The molecule has 198 valence electrons. The van der Waals surface area contributed by atoms with Crippen LogP contribution in [-0.4, -0.2) is 38.5 Å². The van der Waals surface area contributed by atoms with E-state index in [4.69, 9.17) is 26.6 Å². The molecule has 0 spiro atoms. The van der Waals surface area contributed by atoms with Crippen LogP contribution in [0.3, 0.4) is 0 Å². The quantitative estimate of drug-likeness (QED) is 0.201. The van der Waals surface area contributed by atoms with Crippen molar-refractivity contribution in [2.45, 2.75) is 13.5 Å². The molecular weight excluding hydrogens is 518 g/mol. The predicted molar refractivity (Wildman–Crippen MR) is 151 cm³/mol. The first-order valence-corrected chi connectivity index (χ1v) is 12.4. The van der Waals surface area contributed by atoms with E-state index in [-0.39, 0.29) is 5.56 Å². The van der Waals surface area contributed by atoms with Crippen LogP contribution in [0.25, 0.3) is 10.9 Å². The highest BCUT2D eigenvalue weighted by molar-refractivity contribution is 6.31. The number of hydrogen-bond acceptors (Lipinski definition) is 5. The molecule has 0 saturated heterocycles. The number of rotatable bonds is 8. The fourth-order valence-electron chi connectivity index (χ4n) is 3.88. The lowest BCUT2D eigenvalue weighted by molar-refractivity contribution is -0.139. The molecule has 0 saturated carbocycles. The van der Waals surface area contributed by atoms with E-state index >= 15 is 0 Å². The SMILES string of the molecule is Cc1c(Cl)cccc1Nc1ccccc1C(=O)O.O=C(O)COc1nn(Cc2ccccc2)c2ccccc12. The molecule has 1 heterocycles. The minimum absolute atomic E-state index is 0.233. The zero-order chi connectivity index (χ0) is 27.8. The van der Waals surface area contributed by atoms with E-state index < -0.39 is 18.5 Å². The van der Waals surface area contributed by atoms with Gasteiger partial charge in [0.1, 0.15) is 0 Å². The van der Waals surface area contributed by atoms with E-state index in [1.165, 1.54) is 0 Å². The maximum absolute atomic E-state index is 11.1. The summed E-state index contributed by atoms with van der Waals surface area (Å²) in [5.74, 6) is -1.63. The smallest absolute Gasteiger partial charge is 0.341 e. The van der Waals surface area contributed by atoms with E-state index in [0.717, 1.165) is 27.7 Å². The standard InChI is InChI=1S/C16H14N2O3.C14H12ClNO2/c19-15(20)11-21-16-13-8-4-5-9-14(13)18(17-16)10-12-6-2-1-3-7-12;1-9-11(15)6-4-8-12(9)16-13-7-3-2-5-10(13)14(17)18/h1-9H,10-11H2,(H,19,20);2-8,16H,1H3,(H,17,18). The normalized spacial score (nSPS) is 10.4. The summed E-state index contributed by atoms with van der Waals surface area (Å²) in [6.07, 6.45) is 0. The predicted octanol–water partition coefficient (Wildman–Crippen LogP) is 6.64. The van der Waals surface area contributed by atoms with Gasteiger partial charge in [-0.3, -0.25) is 4.68 Å². The van der Waals surface area contributed by atoms with Gasteiger partial charge in [-0.2, -0.15) is 0 Å². The highest BCUT2D eigenvalue weighted by atomic mass is 35.5. The number of nitrogens with zero attached hydrogens (tertiary/aromatic N) is 2. The van der Waals surface area contributed by atoms with Gasteiger partial charge in [0.2, 0.25) is 5.88 Å². The maximum atomic E-state index is 11.1. The molecule has 0 bridgehead atoms. The molecule has 1 aromatic heterocycles. The Kier molecular flexibility index (Phi) is 8.81. The van der Waals surface area contributed by atoms with Crippen LogP contribution < -0.4 is 10.1 Å². The van der Waals surface area contributed by atoms with Crippen LogP contribution in [0, 0.1) is 6.92 Å². The molecule has 8 nitrogen and oxygen atoms in total. The maximum Gasteiger partial charge on any atom is 0.341 e. The summed E-state index contributed by atoms with van der Waals surface area (Å²) in [5, 5.41) is 26.8. The zero-order valence-electron chi connectivity index (χ0n) is 21.0. The number of anilines is 2. The number of carboxylic acid groups (broad SMARTS) is 2. The van der Waals surface area contributed by atoms with Gasteiger partial charge in [-0.05, 0) is 54.4 Å². The van der Waals surface area contributed by atoms with Crippen LogP contribution in [0.1, 0.15) is 21.5 Å². The van der Waals surface area contributed by atoms with Gasteiger partial charge in [-0.25, -0.2) is 9.59 Å². The molecule has 0 amide bonds. The van der Waals surface area contributed by atoms with Gasteiger partial charge in [0.05, 0.1) is 28.7 Å². The van der Waals surface area contributed by atoms with Crippen molar-refractivity contribution in [1.82, 2.24) is 9.78 Å². The summed E-state index contributed by atoms with van der Waals surface area (Å²) in [6, 6.07) is 29.8. The van der Waals surface area contributed by atoms with Crippen molar-refractivity contribution in [3.63, 3.8) is 0 Å². The summed E-state index contributed by atoms with van der Waals surface area (Å²) < 4.78 is 7.09. The number of benzene rings is 4. The summed E-state index contributed by atoms with van der Waals surface area (Å²) in [4.78, 5) is 21.7. The van der Waals surface area contributed by atoms with Gasteiger partial charge in [-0.15, -0.1) is 5.10 Å². The lowest BCUT2D eigenvalue weighted by atomic mass is 10.1. The number of carbonyl (C=O) groups is 2. The van der Waals surface area contributed by atoms with Crippen LogP contribution in [0.5, 0.6) is 5.88 Å². The van der Waals surface area contributed by atoms with Crippen molar-refractivity contribution in [1.29, 1.82) is 0 Å². The number of para-hydroxylation sites is 2. The number of nitrogens with one attached hydrogen (secondary N) is 1. The molecule has 5 rings (SSSR count). The molecular formula is C30H26ClN3O5. The van der Waals surface area contributed by atoms with Crippen molar-refractivity contribution >= 4 is 45.8 Å². The second kappa shape index (κ2) is 12.6. The molecule has 0 aliphatic heterocycles. The summed E-state index contributed by atoms with van der Waals surface area (Å²) in [5.41, 5.74) is 4.51. The first kappa shape index (κ1) is 27.2. The van der Waals surface area contributed by atoms with E-state index in [0.29, 0.717) is 23.1 Å². The van der Waals surface area contributed by atoms with Gasteiger partial charge in [0, 0.05) is 10.7 Å². The molecule has 3 N–H and O–H groups in total. The third-order valence-electron chi connectivity index (χ3n) is 5.83. The highest BCUT2D eigenvalue weighted by Gasteiger charge is 2.13.